The molecule has 134 valence electrons. The number of morpholine rings is 1. The Morgan fingerprint density at radius 2 is 1.68 bits per heavy atom. The topological polar surface area (TPSA) is 33.5 Å². The molecule has 2 aliphatic heterocycles. The molecule has 1 saturated heterocycles. The number of ether oxygens (including phenoxy) is 1. The highest BCUT2D eigenvalue weighted by atomic mass is 16.5. The van der Waals surface area contributed by atoms with Gasteiger partial charge in [0.25, 0.3) is 0 Å². The number of imidazole rings is 1. The fraction of sp³-hybridized carbons (Fsp3) is 0.550. The molecular weight excluding hydrogens is 312 g/mol. The smallest absolute Gasteiger partial charge is 0.123 e. The highest BCUT2D eigenvalue weighted by Crippen LogP contribution is 2.18. The first-order valence-corrected chi connectivity index (χ1v) is 9.30. The second kappa shape index (κ2) is 7.28. The van der Waals surface area contributed by atoms with E-state index in [1.165, 1.54) is 28.2 Å². The lowest BCUT2D eigenvalue weighted by molar-refractivity contribution is 0.0337. The van der Waals surface area contributed by atoms with Crippen LogP contribution in [0.4, 0.5) is 0 Å². The fourth-order valence-electron chi connectivity index (χ4n) is 3.98. The quantitative estimate of drug-likeness (QED) is 0.855. The molecule has 25 heavy (non-hydrogen) atoms. The number of benzene rings is 1. The second-order valence-electron chi connectivity index (χ2n) is 7.44. The summed E-state index contributed by atoms with van der Waals surface area (Å²) in [5.41, 5.74) is 5.30. The zero-order valence-electron chi connectivity index (χ0n) is 15.4. The van der Waals surface area contributed by atoms with Crippen molar-refractivity contribution in [3.05, 3.63) is 52.6 Å². The molecule has 0 unspecified atom stereocenters. The lowest BCUT2D eigenvalue weighted by atomic mass is 10.1. The molecule has 0 amide bonds. The van der Waals surface area contributed by atoms with Gasteiger partial charge in [0.2, 0.25) is 0 Å². The minimum Gasteiger partial charge on any atom is -0.379 e. The third-order valence-electron chi connectivity index (χ3n) is 5.11. The van der Waals surface area contributed by atoms with Gasteiger partial charge in [-0.05, 0) is 19.4 Å². The minimum atomic E-state index is 0.844. The van der Waals surface area contributed by atoms with Crippen molar-refractivity contribution in [2.24, 2.45) is 0 Å². The largest absolute Gasteiger partial charge is 0.379 e. The Morgan fingerprint density at radius 3 is 2.44 bits per heavy atom. The van der Waals surface area contributed by atoms with Crippen LogP contribution in [0.5, 0.6) is 0 Å². The molecule has 1 fully saturated rings. The van der Waals surface area contributed by atoms with Crippen LogP contribution in [0.1, 0.15) is 28.2 Å². The third kappa shape index (κ3) is 4.11. The Kier molecular flexibility index (Phi) is 4.88. The number of aromatic nitrogens is 2. The van der Waals surface area contributed by atoms with Gasteiger partial charge in [-0.15, -0.1) is 0 Å². The maximum absolute atomic E-state index is 5.43. The van der Waals surface area contributed by atoms with Crippen LogP contribution in [0, 0.1) is 13.8 Å². The predicted octanol–water partition coefficient (Wildman–Crippen LogP) is 2.35. The van der Waals surface area contributed by atoms with Crippen LogP contribution in [0.2, 0.25) is 0 Å². The van der Waals surface area contributed by atoms with Gasteiger partial charge in [-0.1, -0.05) is 29.3 Å². The van der Waals surface area contributed by atoms with E-state index in [4.69, 9.17) is 9.72 Å². The number of hydrogen-bond acceptors (Lipinski definition) is 4. The van der Waals surface area contributed by atoms with Gasteiger partial charge < -0.3 is 9.30 Å². The lowest BCUT2D eigenvalue weighted by Gasteiger charge is -2.27. The molecule has 2 aliphatic rings. The van der Waals surface area contributed by atoms with Crippen molar-refractivity contribution >= 4 is 0 Å². The molecule has 4 rings (SSSR count). The van der Waals surface area contributed by atoms with Crippen LogP contribution in [0.25, 0.3) is 0 Å². The summed E-state index contributed by atoms with van der Waals surface area (Å²) in [6, 6.07) is 6.85. The van der Waals surface area contributed by atoms with Gasteiger partial charge in [0, 0.05) is 45.5 Å². The normalized spacial score (nSPS) is 19.1. The number of fused-ring (bicyclic) bond motifs is 1. The molecule has 3 heterocycles. The van der Waals surface area contributed by atoms with E-state index in [1.54, 1.807) is 0 Å². The Balaban J connectivity index is 1.40. The summed E-state index contributed by atoms with van der Waals surface area (Å²) in [6.45, 7) is 13.1. The molecule has 0 saturated carbocycles. The van der Waals surface area contributed by atoms with Crippen LogP contribution >= 0.6 is 0 Å². The molecule has 5 heteroatoms. The number of aryl methyl sites for hydroxylation is 2. The van der Waals surface area contributed by atoms with Crippen molar-refractivity contribution < 1.29 is 4.74 Å². The summed E-state index contributed by atoms with van der Waals surface area (Å²) < 4.78 is 7.77. The van der Waals surface area contributed by atoms with Crippen molar-refractivity contribution in [3.63, 3.8) is 0 Å². The summed E-state index contributed by atoms with van der Waals surface area (Å²) in [7, 11) is 0. The van der Waals surface area contributed by atoms with Crippen LogP contribution in [0.3, 0.4) is 0 Å². The maximum atomic E-state index is 5.43. The van der Waals surface area contributed by atoms with Crippen molar-refractivity contribution in [3.8, 4) is 0 Å². The first-order chi connectivity index (χ1) is 12.2. The lowest BCUT2D eigenvalue weighted by Crippen LogP contribution is -2.35. The summed E-state index contributed by atoms with van der Waals surface area (Å²) in [4.78, 5) is 9.86. The van der Waals surface area contributed by atoms with Gasteiger partial charge in [-0.3, -0.25) is 9.80 Å². The number of hydrogen-bond donors (Lipinski definition) is 0. The van der Waals surface area contributed by atoms with Crippen LogP contribution in [0.15, 0.2) is 24.4 Å². The van der Waals surface area contributed by atoms with Crippen LogP contribution in [-0.4, -0.2) is 52.2 Å². The molecule has 0 spiro atoms. The summed E-state index contributed by atoms with van der Waals surface area (Å²) >= 11 is 0. The zero-order chi connectivity index (χ0) is 17.2. The van der Waals surface area contributed by atoms with Gasteiger partial charge in [-0.2, -0.15) is 0 Å². The average molecular weight is 340 g/mol. The van der Waals surface area contributed by atoms with Crippen LogP contribution in [-0.2, 0) is 30.9 Å². The van der Waals surface area contributed by atoms with E-state index in [-0.39, 0.29) is 0 Å². The number of rotatable bonds is 4. The third-order valence-corrected chi connectivity index (χ3v) is 5.11. The van der Waals surface area contributed by atoms with Gasteiger partial charge in [0.15, 0.2) is 0 Å². The monoisotopic (exact) mass is 340 g/mol. The molecule has 0 bridgehead atoms. The molecule has 0 radical (unpaired) electrons. The molecule has 0 N–H and O–H groups in total. The molecule has 0 aliphatic carbocycles. The first kappa shape index (κ1) is 16.8. The van der Waals surface area contributed by atoms with E-state index >= 15 is 0 Å². The van der Waals surface area contributed by atoms with E-state index in [0.29, 0.717) is 0 Å². The molecule has 1 aromatic heterocycles. The van der Waals surface area contributed by atoms with E-state index in [1.807, 2.05) is 0 Å². The SMILES string of the molecule is Cc1cc(C)cc(CN2CCn3cc(CN4CCOCC4)nc3C2)c1. The Labute approximate surface area is 150 Å². The first-order valence-electron chi connectivity index (χ1n) is 9.30. The van der Waals surface area contributed by atoms with Crippen molar-refractivity contribution in [1.29, 1.82) is 0 Å². The molecule has 2 aromatic rings. The highest BCUT2D eigenvalue weighted by Gasteiger charge is 2.20. The van der Waals surface area contributed by atoms with Crippen molar-refractivity contribution in [2.45, 2.75) is 40.0 Å². The Hall–Kier alpha value is -1.69. The molecule has 1 aromatic carbocycles. The van der Waals surface area contributed by atoms with Crippen molar-refractivity contribution in [2.75, 3.05) is 32.8 Å². The van der Waals surface area contributed by atoms with E-state index in [9.17, 15) is 0 Å². The van der Waals surface area contributed by atoms with Crippen LogP contribution < -0.4 is 0 Å². The van der Waals surface area contributed by atoms with E-state index in [2.05, 4.69) is 52.6 Å². The van der Waals surface area contributed by atoms with Gasteiger partial charge in [-0.25, -0.2) is 4.98 Å². The van der Waals surface area contributed by atoms with Crippen molar-refractivity contribution in [1.82, 2.24) is 19.4 Å². The standard InChI is InChI=1S/C20H28N4O/c1-16-9-17(2)11-18(10-16)12-23-3-4-24-14-19(21-20(24)15-23)13-22-5-7-25-8-6-22/h9-11,14H,3-8,12-13,15H2,1-2H3. The van der Waals surface area contributed by atoms with Gasteiger partial charge in [0.1, 0.15) is 5.82 Å². The summed E-state index contributed by atoms with van der Waals surface area (Å²) in [5, 5.41) is 0. The highest BCUT2D eigenvalue weighted by molar-refractivity contribution is 5.28. The molecule has 0 atom stereocenters. The summed E-state index contributed by atoms with van der Waals surface area (Å²) in [6.07, 6.45) is 2.25. The van der Waals surface area contributed by atoms with E-state index < -0.39 is 0 Å². The molecular formula is C20H28N4O. The minimum absolute atomic E-state index is 0.844. The predicted molar refractivity (Wildman–Crippen MR) is 98.4 cm³/mol. The average Bonchev–Trinajstić information content (AvgIpc) is 2.96. The molecule has 5 nitrogen and oxygen atoms in total. The zero-order valence-corrected chi connectivity index (χ0v) is 15.4. The summed E-state index contributed by atoms with van der Waals surface area (Å²) in [5.74, 6) is 1.21. The Morgan fingerprint density at radius 1 is 0.920 bits per heavy atom. The van der Waals surface area contributed by atoms with E-state index in [0.717, 1.165) is 59.0 Å². The fourth-order valence-corrected chi connectivity index (χ4v) is 3.98. The number of nitrogens with zero attached hydrogens (tertiary/aromatic N) is 4. The van der Waals surface area contributed by atoms with Gasteiger partial charge >= 0.3 is 0 Å². The maximum Gasteiger partial charge on any atom is 0.123 e. The Bertz CT molecular complexity index is 713. The second-order valence-corrected chi connectivity index (χ2v) is 7.44. The van der Waals surface area contributed by atoms with Gasteiger partial charge in [0.05, 0.1) is 25.5 Å².